The van der Waals surface area contributed by atoms with E-state index in [2.05, 4.69) is 30.4 Å². The van der Waals surface area contributed by atoms with Crippen LogP contribution in [0.15, 0.2) is 225 Å². The highest BCUT2D eigenvalue weighted by Gasteiger charge is 2.04. The third kappa shape index (κ3) is 22.6. The van der Waals surface area contributed by atoms with E-state index >= 15 is 0 Å². The third-order valence-electron chi connectivity index (χ3n) is 13.0. The van der Waals surface area contributed by atoms with E-state index < -0.39 is 0 Å². The average molecular weight is 1120 g/mol. The van der Waals surface area contributed by atoms with Gasteiger partial charge in [0, 0.05) is 18.5 Å². The molecule has 0 radical (unpaired) electrons. The summed E-state index contributed by atoms with van der Waals surface area (Å²) in [6, 6.07) is 62.0. The zero-order chi connectivity index (χ0) is 57.2. The van der Waals surface area contributed by atoms with E-state index in [0.29, 0.717) is 39.6 Å². The summed E-state index contributed by atoms with van der Waals surface area (Å²) >= 11 is 0. The SMILES string of the molecule is COc1ccc(N=Nc2ccc(OCCCCCCOc3ccc(C=Nc4ccc(OCCCCCOc5cccc(N=Cc6ccc(OCCCCCCOc7ccc(N=Nc8ccc(OC)cc8)cc7)cc6)c5)cc4)cc3)cc2)cc1. The molecule has 0 atom stereocenters. The second-order valence-corrected chi connectivity index (χ2v) is 19.4. The minimum Gasteiger partial charge on any atom is -0.497 e. The van der Waals surface area contributed by atoms with Crippen LogP contribution in [0.1, 0.15) is 81.8 Å². The van der Waals surface area contributed by atoms with Crippen LogP contribution in [0.5, 0.6) is 46.0 Å². The van der Waals surface area contributed by atoms with Gasteiger partial charge in [0.1, 0.15) is 46.0 Å². The van der Waals surface area contributed by atoms with Crippen molar-refractivity contribution in [2.24, 2.45) is 30.4 Å². The van der Waals surface area contributed by atoms with Crippen molar-refractivity contribution < 1.29 is 37.9 Å². The van der Waals surface area contributed by atoms with Crippen LogP contribution in [0.4, 0.5) is 34.1 Å². The fourth-order valence-electron chi connectivity index (χ4n) is 8.26. The van der Waals surface area contributed by atoms with E-state index in [1.807, 2.05) is 207 Å². The topological polar surface area (TPSA) is 148 Å². The molecule has 8 rings (SSSR count). The predicted octanol–water partition coefficient (Wildman–Crippen LogP) is 18.7. The molecule has 0 spiro atoms. The van der Waals surface area contributed by atoms with Crippen molar-refractivity contribution in [3.8, 4) is 46.0 Å². The van der Waals surface area contributed by atoms with Crippen LogP contribution in [0.2, 0.25) is 0 Å². The summed E-state index contributed by atoms with van der Waals surface area (Å²) in [6.07, 6.45) is 14.8. The first-order chi connectivity index (χ1) is 41.0. The zero-order valence-corrected chi connectivity index (χ0v) is 47.6. The van der Waals surface area contributed by atoms with Gasteiger partial charge in [0.25, 0.3) is 0 Å². The Labute approximate surface area is 488 Å². The molecule has 0 aliphatic rings. The number of unbranched alkanes of at least 4 members (excludes halogenated alkanes) is 8. The number of benzene rings is 8. The minimum absolute atomic E-state index is 0.628. The van der Waals surface area contributed by atoms with E-state index in [0.717, 1.165) is 162 Å². The Hall–Kier alpha value is -9.30. The number of azo groups is 2. The molecular formula is C69H74N6O8. The summed E-state index contributed by atoms with van der Waals surface area (Å²) < 4.78 is 46.3. The van der Waals surface area contributed by atoms with Crippen molar-refractivity contribution in [2.75, 3.05) is 53.9 Å². The maximum atomic E-state index is 6.06. The predicted molar refractivity (Wildman–Crippen MR) is 331 cm³/mol. The van der Waals surface area contributed by atoms with Crippen LogP contribution >= 0.6 is 0 Å². The van der Waals surface area contributed by atoms with Crippen LogP contribution in [-0.4, -0.2) is 66.3 Å². The number of methoxy groups -OCH3 is 2. The van der Waals surface area contributed by atoms with Crippen molar-refractivity contribution in [3.63, 3.8) is 0 Å². The molecule has 0 N–H and O–H groups in total. The Bertz CT molecular complexity index is 3210. The third-order valence-corrected chi connectivity index (χ3v) is 13.0. The molecule has 0 amide bonds. The number of ether oxygens (including phenoxy) is 8. The molecule has 83 heavy (non-hydrogen) atoms. The van der Waals surface area contributed by atoms with Crippen LogP contribution in [0.3, 0.4) is 0 Å². The van der Waals surface area contributed by atoms with E-state index in [9.17, 15) is 0 Å². The Morgan fingerprint density at radius 1 is 0.253 bits per heavy atom. The van der Waals surface area contributed by atoms with Gasteiger partial charge >= 0.3 is 0 Å². The van der Waals surface area contributed by atoms with E-state index in [1.54, 1.807) is 14.2 Å². The van der Waals surface area contributed by atoms with Crippen LogP contribution < -0.4 is 37.9 Å². The lowest BCUT2D eigenvalue weighted by Gasteiger charge is -2.08. The number of hydrogen-bond donors (Lipinski definition) is 0. The molecule has 8 aromatic carbocycles. The molecule has 0 aliphatic carbocycles. The van der Waals surface area contributed by atoms with E-state index in [4.69, 9.17) is 37.9 Å². The molecule has 8 aromatic rings. The molecule has 0 saturated heterocycles. The van der Waals surface area contributed by atoms with Gasteiger partial charge in [-0.3, -0.25) is 9.98 Å². The smallest absolute Gasteiger partial charge is 0.121 e. The van der Waals surface area contributed by atoms with Gasteiger partial charge in [-0.15, -0.1) is 0 Å². The highest BCUT2D eigenvalue weighted by molar-refractivity contribution is 5.83. The largest absolute Gasteiger partial charge is 0.497 e. The number of nitrogens with zero attached hydrogens (tertiary/aromatic N) is 6. The first-order valence-corrected chi connectivity index (χ1v) is 28.6. The fraction of sp³-hybridized carbons (Fsp3) is 0.275. The Morgan fingerprint density at radius 2 is 0.518 bits per heavy atom. The lowest BCUT2D eigenvalue weighted by atomic mass is 10.2. The fourth-order valence-corrected chi connectivity index (χ4v) is 8.26. The van der Waals surface area contributed by atoms with Gasteiger partial charge in [-0.1, -0.05) is 6.07 Å². The van der Waals surface area contributed by atoms with Crippen molar-refractivity contribution in [1.82, 2.24) is 0 Å². The lowest BCUT2D eigenvalue weighted by Crippen LogP contribution is -2.00. The van der Waals surface area contributed by atoms with Crippen LogP contribution in [0.25, 0.3) is 0 Å². The van der Waals surface area contributed by atoms with Crippen molar-refractivity contribution in [2.45, 2.75) is 70.6 Å². The number of aliphatic imine (C=N–C) groups is 2. The summed E-state index contributed by atoms with van der Waals surface area (Å²) in [7, 11) is 3.28. The van der Waals surface area contributed by atoms with Gasteiger partial charge in [-0.05, 0) is 264 Å². The Balaban J connectivity index is 0.602. The lowest BCUT2D eigenvalue weighted by molar-refractivity contribution is 0.279. The Kier molecular flexibility index (Phi) is 25.0. The summed E-state index contributed by atoms with van der Waals surface area (Å²) in [4.78, 5) is 9.33. The summed E-state index contributed by atoms with van der Waals surface area (Å²) in [5.74, 6) is 6.58. The van der Waals surface area contributed by atoms with Crippen LogP contribution in [-0.2, 0) is 0 Å². The molecule has 14 nitrogen and oxygen atoms in total. The zero-order valence-electron chi connectivity index (χ0n) is 47.6. The van der Waals surface area contributed by atoms with Gasteiger partial charge in [0.05, 0.1) is 88.0 Å². The van der Waals surface area contributed by atoms with Crippen molar-refractivity contribution >= 4 is 46.6 Å². The maximum absolute atomic E-state index is 6.06. The van der Waals surface area contributed by atoms with Gasteiger partial charge in [-0.25, -0.2) is 0 Å². The van der Waals surface area contributed by atoms with Gasteiger partial charge in [-0.2, -0.15) is 20.5 Å². The minimum atomic E-state index is 0.628. The van der Waals surface area contributed by atoms with Gasteiger partial charge in [0.2, 0.25) is 0 Å². The average Bonchev–Trinajstić information content (AvgIpc) is 3.54. The maximum Gasteiger partial charge on any atom is 0.121 e. The molecule has 14 heteroatoms. The highest BCUT2D eigenvalue weighted by Crippen LogP contribution is 2.27. The molecule has 428 valence electrons. The molecule has 0 bridgehead atoms. The second-order valence-electron chi connectivity index (χ2n) is 19.4. The first-order valence-electron chi connectivity index (χ1n) is 28.6. The highest BCUT2D eigenvalue weighted by atomic mass is 16.5. The van der Waals surface area contributed by atoms with E-state index in [1.165, 1.54) is 0 Å². The quantitative estimate of drug-likeness (QED) is 0.0214. The number of rotatable bonds is 36. The molecule has 0 aliphatic heterocycles. The molecule has 0 unspecified atom stereocenters. The monoisotopic (exact) mass is 1110 g/mol. The molecule has 0 fully saturated rings. The normalized spacial score (nSPS) is 11.4. The van der Waals surface area contributed by atoms with Crippen molar-refractivity contribution in [3.05, 3.63) is 205 Å². The molecule has 0 heterocycles. The first kappa shape index (κ1) is 59.8. The van der Waals surface area contributed by atoms with Crippen molar-refractivity contribution in [1.29, 1.82) is 0 Å². The second kappa shape index (κ2) is 34.8. The summed E-state index contributed by atoms with van der Waals surface area (Å²) in [5.41, 5.74) is 6.77. The van der Waals surface area contributed by atoms with Gasteiger partial charge in [0.15, 0.2) is 0 Å². The summed E-state index contributed by atoms with van der Waals surface area (Å²) in [6.45, 7) is 3.96. The standard InChI is InChI=1S/C69H74N6O8/c1-76-62-35-23-57(24-36-62)72-74-59-27-41-67(42-28-59)80-47-10-5-3-8-45-78-64-31-17-54(18-32-64)52-70-56-21-39-66(40-22-56)82-49-12-7-13-50-83-69-16-14-15-61(51-69)71-53-55-19-33-65(34-20-55)79-46-9-4-6-11-48-81-68-43-29-60(30-44-68)75-73-58-25-37-63(77-2)38-26-58/h14-44,51-53H,3-13,45-50H2,1-2H3. The molecule has 0 aromatic heterocycles. The van der Waals surface area contributed by atoms with Gasteiger partial charge < -0.3 is 37.9 Å². The summed E-state index contributed by atoms with van der Waals surface area (Å²) in [5, 5.41) is 17.2. The Morgan fingerprint density at radius 3 is 0.843 bits per heavy atom. The molecule has 0 saturated carbocycles. The van der Waals surface area contributed by atoms with Crippen LogP contribution in [0, 0.1) is 0 Å². The number of hydrogen-bond acceptors (Lipinski definition) is 14. The molecular weight excluding hydrogens is 1040 g/mol. The van der Waals surface area contributed by atoms with E-state index in [-0.39, 0.29) is 0 Å².